The lowest BCUT2D eigenvalue weighted by Gasteiger charge is -2.21. The molecule has 1 aromatic rings. The van der Waals surface area contributed by atoms with E-state index >= 15 is 0 Å². The second kappa shape index (κ2) is 6.93. The predicted octanol–water partition coefficient (Wildman–Crippen LogP) is 2.76. The van der Waals surface area contributed by atoms with Gasteiger partial charge in [-0.25, -0.2) is 4.79 Å². The van der Waals surface area contributed by atoms with Crippen molar-refractivity contribution in [1.29, 1.82) is 0 Å². The average Bonchev–Trinajstić information content (AvgIpc) is 2.76. The molecule has 1 atom stereocenters. The van der Waals surface area contributed by atoms with Crippen LogP contribution in [0.1, 0.15) is 18.9 Å². The van der Waals surface area contributed by atoms with Gasteiger partial charge >= 0.3 is 5.97 Å². The van der Waals surface area contributed by atoms with Gasteiger partial charge in [0.25, 0.3) is 5.91 Å². The number of hydrogen-bond donors (Lipinski definition) is 1. The minimum atomic E-state index is -1.05. The molecule has 1 N–H and O–H groups in total. The van der Waals surface area contributed by atoms with E-state index in [1.165, 1.54) is 4.90 Å². The fourth-order valence-electron chi connectivity index (χ4n) is 2.07. The van der Waals surface area contributed by atoms with Crippen molar-refractivity contribution >= 4 is 46.3 Å². The summed E-state index contributed by atoms with van der Waals surface area (Å²) < 4.78 is 5.36. The van der Waals surface area contributed by atoms with Gasteiger partial charge in [-0.05, 0) is 30.2 Å². The van der Waals surface area contributed by atoms with Gasteiger partial charge in [0.15, 0.2) is 0 Å². The van der Waals surface area contributed by atoms with E-state index < -0.39 is 12.0 Å². The average molecular weight is 337 g/mol. The molecule has 1 aromatic carbocycles. The number of methoxy groups -OCH3 is 1. The minimum Gasteiger partial charge on any atom is -0.497 e. The number of hydrogen-bond acceptors (Lipinski definition) is 5. The molecule has 0 aliphatic carbocycles. The van der Waals surface area contributed by atoms with Crippen LogP contribution < -0.4 is 4.74 Å². The zero-order valence-electron chi connectivity index (χ0n) is 12.1. The van der Waals surface area contributed by atoms with E-state index in [1.54, 1.807) is 32.2 Å². The highest BCUT2D eigenvalue weighted by molar-refractivity contribution is 8.26. The van der Waals surface area contributed by atoms with Crippen LogP contribution in [0.5, 0.6) is 5.75 Å². The molecule has 1 heterocycles. The van der Waals surface area contributed by atoms with Gasteiger partial charge in [0.05, 0.1) is 12.0 Å². The quantitative estimate of drug-likeness (QED) is 0.658. The molecule has 0 aromatic heterocycles. The van der Waals surface area contributed by atoms with Crippen LogP contribution in [-0.2, 0) is 9.59 Å². The summed E-state index contributed by atoms with van der Waals surface area (Å²) in [6, 6.07) is 6.30. The lowest BCUT2D eigenvalue weighted by Crippen LogP contribution is -2.43. The summed E-state index contributed by atoms with van der Waals surface area (Å²) in [7, 11) is 1.58. The van der Waals surface area contributed by atoms with Gasteiger partial charge in [-0.15, -0.1) is 0 Å². The van der Waals surface area contributed by atoms with Crippen molar-refractivity contribution < 1.29 is 19.4 Å². The second-order valence-corrected chi connectivity index (χ2v) is 6.26. The number of carboxylic acid groups (broad SMARTS) is 1. The summed E-state index contributed by atoms with van der Waals surface area (Å²) in [5.74, 6) is -0.689. The van der Waals surface area contributed by atoms with Gasteiger partial charge < -0.3 is 9.84 Å². The van der Waals surface area contributed by atoms with Gasteiger partial charge in [0.2, 0.25) is 0 Å². The largest absolute Gasteiger partial charge is 0.497 e. The zero-order valence-corrected chi connectivity index (χ0v) is 13.7. The number of nitrogens with zero attached hydrogens (tertiary/aromatic N) is 1. The third kappa shape index (κ3) is 3.31. The number of ether oxygens (including phenoxy) is 1. The van der Waals surface area contributed by atoms with E-state index in [0.717, 1.165) is 23.1 Å². The fourth-order valence-corrected chi connectivity index (χ4v) is 3.42. The number of carbonyl (C=O) groups is 2. The van der Waals surface area contributed by atoms with E-state index in [0.29, 0.717) is 11.3 Å². The Bertz CT molecular complexity index is 639. The van der Waals surface area contributed by atoms with Crippen LogP contribution in [0.2, 0.25) is 0 Å². The number of rotatable bonds is 5. The molecule has 1 fully saturated rings. The van der Waals surface area contributed by atoms with Crippen molar-refractivity contribution in [2.24, 2.45) is 0 Å². The summed E-state index contributed by atoms with van der Waals surface area (Å²) in [5.41, 5.74) is 0.824. The third-order valence-corrected chi connectivity index (χ3v) is 4.55. The lowest BCUT2D eigenvalue weighted by molar-refractivity contribution is -0.145. The van der Waals surface area contributed by atoms with Gasteiger partial charge in [-0.1, -0.05) is 43.0 Å². The SMILES string of the molecule is CC[C@H](C(=O)O)N1C(=O)/C(=C/c2ccc(OC)cc2)SC1=S. The molecule has 0 bridgehead atoms. The number of thioether (sulfide) groups is 1. The number of amides is 1. The smallest absolute Gasteiger partial charge is 0.326 e. The molecule has 0 spiro atoms. The summed E-state index contributed by atoms with van der Waals surface area (Å²) >= 11 is 6.28. The van der Waals surface area contributed by atoms with E-state index in [1.807, 2.05) is 12.1 Å². The first-order valence-electron chi connectivity index (χ1n) is 6.61. The molecule has 116 valence electrons. The van der Waals surface area contributed by atoms with E-state index in [9.17, 15) is 14.7 Å². The van der Waals surface area contributed by atoms with Crippen molar-refractivity contribution in [2.75, 3.05) is 7.11 Å². The van der Waals surface area contributed by atoms with Gasteiger partial charge in [0, 0.05) is 0 Å². The third-order valence-electron chi connectivity index (χ3n) is 3.22. The second-order valence-electron chi connectivity index (χ2n) is 4.59. The van der Waals surface area contributed by atoms with Crippen molar-refractivity contribution in [3.8, 4) is 5.75 Å². The summed E-state index contributed by atoms with van der Waals surface area (Å²) in [6.07, 6.45) is 2.00. The topological polar surface area (TPSA) is 66.8 Å². The molecule has 2 rings (SSSR count). The Balaban J connectivity index is 2.26. The molecule has 5 nitrogen and oxygen atoms in total. The standard InChI is InChI=1S/C15H15NO4S2/c1-3-11(14(18)19)16-13(17)12(22-15(16)21)8-9-4-6-10(20-2)7-5-9/h4-8,11H,3H2,1-2H3,(H,18,19)/b12-8-/t11-/m1/s1. The molecule has 0 unspecified atom stereocenters. The Kier molecular flexibility index (Phi) is 5.20. The summed E-state index contributed by atoms with van der Waals surface area (Å²) in [5, 5.41) is 9.21. The first-order chi connectivity index (χ1) is 10.5. The monoisotopic (exact) mass is 337 g/mol. The number of aliphatic carboxylic acids is 1. The van der Waals surface area contributed by atoms with Crippen molar-refractivity contribution in [2.45, 2.75) is 19.4 Å². The van der Waals surface area contributed by atoms with Gasteiger partial charge in [0.1, 0.15) is 16.1 Å². The number of benzene rings is 1. The zero-order chi connectivity index (χ0) is 16.3. The Morgan fingerprint density at radius 3 is 2.59 bits per heavy atom. The number of thiocarbonyl (C=S) groups is 1. The molecule has 1 aliphatic heterocycles. The lowest BCUT2D eigenvalue weighted by atomic mass is 10.1. The van der Waals surface area contributed by atoms with Crippen molar-refractivity contribution in [3.63, 3.8) is 0 Å². The molecule has 0 radical (unpaired) electrons. The number of carbonyl (C=O) groups excluding carboxylic acids is 1. The first-order valence-corrected chi connectivity index (χ1v) is 7.84. The number of carboxylic acids is 1. The molecular formula is C15H15NO4S2. The Labute approximate surface area is 137 Å². The fraction of sp³-hybridized carbons (Fsp3) is 0.267. The van der Waals surface area contributed by atoms with Crippen LogP contribution in [0.15, 0.2) is 29.2 Å². The van der Waals surface area contributed by atoms with Crippen molar-refractivity contribution in [1.82, 2.24) is 4.90 Å². The maximum atomic E-state index is 12.4. The van der Waals surface area contributed by atoms with Crippen molar-refractivity contribution in [3.05, 3.63) is 34.7 Å². The molecule has 1 amide bonds. The molecule has 7 heteroatoms. The van der Waals surface area contributed by atoms with Gasteiger partial charge in [-0.3, -0.25) is 9.69 Å². The Morgan fingerprint density at radius 2 is 2.09 bits per heavy atom. The van der Waals surface area contributed by atoms with Crippen LogP contribution in [0.4, 0.5) is 0 Å². The highest BCUT2D eigenvalue weighted by atomic mass is 32.2. The maximum Gasteiger partial charge on any atom is 0.326 e. The molecule has 1 aliphatic rings. The first kappa shape index (κ1) is 16.5. The van der Waals surface area contributed by atoms with Crippen LogP contribution in [0.3, 0.4) is 0 Å². The molecule has 1 saturated heterocycles. The predicted molar refractivity (Wildman–Crippen MR) is 89.7 cm³/mol. The Morgan fingerprint density at radius 1 is 1.45 bits per heavy atom. The highest BCUT2D eigenvalue weighted by Crippen LogP contribution is 2.34. The normalized spacial score (nSPS) is 17.9. The van der Waals surface area contributed by atoms with Crippen LogP contribution in [-0.4, -0.2) is 39.4 Å². The Hall–Kier alpha value is -1.86. The molecule has 0 saturated carbocycles. The highest BCUT2D eigenvalue weighted by Gasteiger charge is 2.39. The van der Waals surface area contributed by atoms with Gasteiger partial charge in [-0.2, -0.15) is 0 Å². The van der Waals surface area contributed by atoms with E-state index in [2.05, 4.69) is 0 Å². The van der Waals surface area contributed by atoms with Crippen LogP contribution >= 0.6 is 24.0 Å². The van der Waals surface area contributed by atoms with Crippen LogP contribution in [0.25, 0.3) is 6.08 Å². The summed E-state index contributed by atoms with van der Waals surface area (Å²) in [4.78, 5) is 25.3. The van der Waals surface area contributed by atoms with E-state index in [4.69, 9.17) is 17.0 Å². The summed E-state index contributed by atoms with van der Waals surface area (Å²) in [6.45, 7) is 1.71. The maximum absolute atomic E-state index is 12.4. The van der Waals surface area contributed by atoms with E-state index in [-0.39, 0.29) is 10.2 Å². The minimum absolute atomic E-state index is 0.277. The molecule has 22 heavy (non-hydrogen) atoms. The van der Waals surface area contributed by atoms with Crippen LogP contribution in [0, 0.1) is 0 Å². The molecular weight excluding hydrogens is 322 g/mol.